The van der Waals surface area contributed by atoms with E-state index in [0.29, 0.717) is 12.5 Å². The smallest absolute Gasteiger partial charge is 0.232 e. The molecule has 1 heterocycles. The third kappa shape index (κ3) is 1.91. The Morgan fingerprint density at radius 1 is 1.58 bits per heavy atom. The van der Waals surface area contributed by atoms with Crippen LogP contribution in [0.3, 0.4) is 0 Å². The number of carboxylic acids is 1. The maximum Gasteiger partial charge on any atom is 0.232 e. The number of nitrogens with zero attached hydrogens (tertiary/aromatic N) is 2. The zero-order chi connectivity index (χ0) is 8.97. The highest BCUT2D eigenvalue weighted by molar-refractivity contribution is 5.82. The maximum absolute atomic E-state index is 10.2. The van der Waals surface area contributed by atoms with Gasteiger partial charge in [0.2, 0.25) is 5.88 Å². The van der Waals surface area contributed by atoms with Crippen LogP contribution in [-0.4, -0.2) is 22.5 Å². The molecule has 12 heavy (non-hydrogen) atoms. The van der Waals surface area contributed by atoms with Gasteiger partial charge in [0.15, 0.2) is 0 Å². The standard InChI is InChI=1S/C7H8N2O3/c1-2-12-6-4-8-5(3-9-6)7(10)11/h3-4H,2H2,1H3,(H,10,11)/p-1. The van der Waals surface area contributed by atoms with Crippen LogP contribution in [0.2, 0.25) is 0 Å². The Labute approximate surface area is 69.0 Å². The first-order chi connectivity index (χ1) is 5.74. The third-order valence-corrected chi connectivity index (χ3v) is 1.13. The molecule has 0 amide bonds. The first-order valence-corrected chi connectivity index (χ1v) is 3.40. The molecule has 0 radical (unpaired) electrons. The molecule has 5 nitrogen and oxygen atoms in total. The predicted molar refractivity (Wildman–Crippen MR) is 37.5 cm³/mol. The fourth-order valence-electron chi connectivity index (χ4n) is 0.644. The van der Waals surface area contributed by atoms with E-state index in [0.717, 1.165) is 6.20 Å². The topological polar surface area (TPSA) is 75.1 Å². The molecule has 0 spiro atoms. The van der Waals surface area contributed by atoms with E-state index in [9.17, 15) is 9.90 Å². The lowest BCUT2D eigenvalue weighted by molar-refractivity contribution is -0.255. The van der Waals surface area contributed by atoms with Crippen molar-refractivity contribution in [3.63, 3.8) is 0 Å². The van der Waals surface area contributed by atoms with Crippen LogP contribution in [0.25, 0.3) is 0 Å². The maximum atomic E-state index is 10.2. The third-order valence-electron chi connectivity index (χ3n) is 1.13. The van der Waals surface area contributed by atoms with Crippen LogP contribution in [0.4, 0.5) is 0 Å². The zero-order valence-electron chi connectivity index (χ0n) is 6.48. The van der Waals surface area contributed by atoms with Gasteiger partial charge in [-0.3, -0.25) is 0 Å². The normalized spacial score (nSPS) is 9.42. The van der Waals surface area contributed by atoms with Gasteiger partial charge in [-0.05, 0) is 6.92 Å². The van der Waals surface area contributed by atoms with Gasteiger partial charge < -0.3 is 14.6 Å². The molecule has 0 aliphatic carbocycles. The lowest BCUT2D eigenvalue weighted by Gasteiger charge is -2.02. The Morgan fingerprint density at radius 3 is 2.75 bits per heavy atom. The van der Waals surface area contributed by atoms with Crippen LogP contribution < -0.4 is 9.84 Å². The molecule has 1 rings (SSSR count). The largest absolute Gasteiger partial charge is 0.543 e. The van der Waals surface area contributed by atoms with Gasteiger partial charge in [-0.2, -0.15) is 0 Å². The Kier molecular flexibility index (Phi) is 2.57. The summed E-state index contributed by atoms with van der Waals surface area (Å²) in [4.78, 5) is 17.4. The van der Waals surface area contributed by atoms with Gasteiger partial charge in [0, 0.05) is 0 Å². The summed E-state index contributed by atoms with van der Waals surface area (Å²) in [6.07, 6.45) is 2.34. The molecule has 0 saturated carbocycles. The minimum absolute atomic E-state index is 0.196. The van der Waals surface area contributed by atoms with Crippen molar-refractivity contribution < 1.29 is 14.6 Å². The molecule has 1 aromatic heterocycles. The van der Waals surface area contributed by atoms with Crippen LogP contribution >= 0.6 is 0 Å². The van der Waals surface area contributed by atoms with Gasteiger partial charge in [-0.1, -0.05) is 0 Å². The van der Waals surface area contributed by atoms with Crippen LogP contribution in [0, 0.1) is 0 Å². The van der Waals surface area contributed by atoms with Crippen molar-refractivity contribution in [3.05, 3.63) is 18.1 Å². The molecule has 0 aliphatic heterocycles. The van der Waals surface area contributed by atoms with Gasteiger partial charge in [0.05, 0.1) is 25.0 Å². The average molecular weight is 167 g/mol. The Hall–Kier alpha value is -1.65. The van der Waals surface area contributed by atoms with E-state index >= 15 is 0 Å². The van der Waals surface area contributed by atoms with Gasteiger partial charge in [0.25, 0.3) is 0 Å². The summed E-state index contributed by atoms with van der Waals surface area (Å²) < 4.78 is 4.95. The number of rotatable bonds is 3. The Bertz CT molecular complexity index is 270. The second-order valence-corrected chi connectivity index (χ2v) is 1.96. The molecular weight excluding hydrogens is 160 g/mol. The summed E-state index contributed by atoms with van der Waals surface area (Å²) in [5, 5.41) is 10.2. The first-order valence-electron chi connectivity index (χ1n) is 3.40. The highest BCUT2D eigenvalue weighted by atomic mass is 16.5. The summed E-state index contributed by atoms with van der Waals surface area (Å²) in [7, 11) is 0. The summed E-state index contributed by atoms with van der Waals surface area (Å²) in [6, 6.07) is 0. The molecule has 0 unspecified atom stereocenters. The van der Waals surface area contributed by atoms with Crippen molar-refractivity contribution in [2.24, 2.45) is 0 Å². The summed E-state index contributed by atoms with van der Waals surface area (Å²) in [6.45, 7) is 2.27. The van der Waals surface area contributed by atoms with E-state index in [1.807, 2.05) is 0 Å². The number of carbonyl (C=O) groups excluding carboxylic acids is 1. The molecule has 0 N–H and O–H groups in total. The molecule has 0 fully saturated rings. The summed E-state index contributed by atoms with van der Waals surface area (Å²) >= 11 is 0. The second kappa shape index (κ2) is 3.66. The van der Waals surface area contributed by atoms with Crippen molar-refractivity contribution in [2.45, 2.75) is 6.92 Å². The molecule has 5 heteroatoms. The number of carboxylic acid groups (broad SMARTS) is 1. The van der Waals surface area contributed by atoms with Crippen LogP contribution in [0.1, 0.15) is 17.4 Å². The first kappa shape index (κ1) is 8.45. The predicted octanol–water partition coefficient (Wildman–Crippen LogP) is -0.761. The number of hydrogen-bond acceptors (Lipinski definition) is 5. The SMILES string of the molecule is CCOc1cnc(C(=O)[O-])cn1. The molecule has 64 valence electrons. The van der Waals surface area contributed by atoms with Crippen LogP contribution in [0.5, 0.6) is 5.88 Å². The van der Waals surface area contributed by atoms with Crippen molar-refractivity contribution in [2.75, 3.05) is 6.61 Å². The monoisotopic (exact) mass is 167 g/mol. The Morgan fingerprint density at radius 2 is 2.33 bits per heavy atom. The Balaban J connectivity index is 2.78. The van der Waals surface area contributed by atoms with E-state index in [1.54, 1.807) is 6.92 Å². The molecule has 0 bridgehead atoms. The van der Waals surface area contributed by atoms with E-state index in [-0.39, 0.29) is 5.69 Å². The lowest BCUT2D eigenvalue weighted by Crippen LogP contribution is -2.23. The summed E-state index contributed by atoms with van der Waals surface area (Å²) in [5.74, 6) is -1.03. The van der Waals surface area contributed by atoms with E-state index in [4.69, 9.17) is 4.74 Å². The van der Waals surface area contributed by atoms with Crippen molar-refractivity contribution >= 4 is 5.97 Å². The van der Waals surface area contributed by atoms with Crippen LogP contribution in [-0.2, 0) is 0 Å². The minimum Gasteiger partial charge on any atom is -0.543 e. The molecule has 0 aromatic carbocycles. The fraction of sp³-hybridized carbons (Fsp3) is 0.286. The molecular formula is C7H7N2O3-. The molecule has 1 aromatic rings. The fourth-order valence-corrected chi connectivity index (χ4v) is 0.644. The molecule has 0 aliphatic rings. The van der Waals surface area contributed by atoms with Gasteiger partial charge >= 0.3 is 0 Å². The second-order valence-electron chi connectivity index (χ2n) is 1.96. The lowest BCUT2D eigenvalue weighted by atomic mass is 10.5. The number of aromatic carboxylic acids is 1. The van der Waals surface area contributed by atoms with E-state index in [2.05, 4.69) is 9.97 Å². The highest BCUT2D eigenvalue weighted by Gasteiger charge is 1.96. The zero-order valence-corrected chi connectivity index (χ0v) is 6.48. The van der Waals surface area contributed by atoms with Crippen molar-refractivity contribution in [1.29, 1.82) is 0 Å². The van der Waals surface area contributed by atoms with Gasteiger partial charge in [0.1, 0.15) is 5.69 Å². The summed E-state index contributed by atoms with van der Waals surface area (Å²) in [5.41, 5.74) is -0.196. The van der Waals surface area contributed by atoms with E-state index in [1.165, 1.54) is 6.20 Å². The number of ether oxygens (including phenoxy) is 1. The van der Waals surface area contributed by atoms with Gasteiger partial charge in [-0.25, -0.2) is 9.97 Å². The average Bonchev–Trinajstić information content (AvgIpc) is 2.06. The quantitative estimate of drug-likeness (QED) is 0.591. The molecule has 0 atom stereocenters. The van der Waals surface area contributed by atoms with Crippen molar-refractivity contribution in [3.8, 4) is 5.88 Å². The number of hydrogen-bond donors (Lipinski definition) is 0. The van der Waals surface area contributed by atoms with E-state index < -0.39 is 5.97 Å². The number of aromatic nitrogens is 2. The van der Waals surface area contributed by atoms with Crippen LogP contribution in [0.15, 0.2) is 12.4 Å². The van der Waals surface area contributed by atoms with Gasteiger partial charge in [-0.15, -0.1) is 0 Å². The van der Waals surface area contributed by atoms with Crippen molar-refractivity contribution in [1.82, 2.24) is 9.97 Å². The highest BCUT2D eigenvalue weighted by Crippen LogP contribution is 2.02. The number of carbonyl (C=O) groups is 1. The minimum atomic E-state index is -1.34. The molecule has 0 saturated heterocycles.